The highest BCUT2D eigenvalue weighted by Crippen LogP contribution is 2.30. The molecule has 1 aromatic heterocycles. The molecule has 0 radical (unpaired) electrons. The summed E-state index contributed by atoms with van der Waals surface area (Å²) in [5.41, 5.74) is 0.0103. The lowest BCUT2D eigenvalue weighted by Crippen LogP contribution is -2.27. The van der Waals surface area contributed by atoms with Crippen molar-refractivity contribution in [3.63, 3.8) is 0 Å². The van der Waals surface area contributed by atoms with Crippen molar-refractivity contribution in [2.75, 3.05) is 5.32 Å². The number of hydrogen-bond donors (Lipinski definition) is 1. The fraction of sp³-hybridized carbons (Fsp3) is 0.357. The van der Waals surface area contributed by atoms with Crippen LogP contribution in [0.25, 0.3) is 0 Å². The average Bonchev–Trinajstić information content (AvgIpc) is 2.87. The van der Waals surface area contributed by atoms with E-state index in [-0.39, 0.29) is 10.9 Å². The molecule has 4 nitrogen and oxygen atoms in total. The molecule has 0 fully saturated rings. The number of thioether (sulfide) groups is 1. The van der Waals surface area contributed by atoms with Gasteiger partial charge in [0.2, 0.25) is 11.0 Å². The third-order valence-corrected chi connectivity index (χ3v) is 5.00. The van der Waals surface area contributed by atoms with Gasteiger partial charge in [-0.3, -0.25) is 4.79 Å². The molecule has 8 heteroatoms. The van der Waals surface area contributed by atoms with Gasteiger partial charge in [-0.05, 0) is 11.6 Å². The van der Waals surface area contributed by atoms with Crippen molar-refractivity contribution in [1.29, 1.82) is 0 Å². The number of nitrogens with one attached hydrogen (secondary N) is 1. The molecule has 0 saturated heterocycles. The predicted octanol–water partition coefficient (Wildman–Crippen LogP) is 4.61. The highest BCUT2D eigenvalue weighted by Gasteiger charge is 2.22. The Hall–Kier alpha value is -1.18. The van der Waals surface area contributed by atoms with Crippen molar-refractivity contribution in [3.8, 4) is 0 Å². The van der Waals surface area contributed by atoms with E-state index in [9.17, 15) is 9.18 Å². The molecule has 0 bridgehead atoms. The van der Waals surface area contributed by atoms with Crippen LogP contribution in [0.3, 0.4) is 0 Å². The Kier molecular flexibility index (Phi) is 5.41. The minimum Gasteiger partial charge on any atom is -0.300 e. The lowest BCUT2D eigenvalue weighted by molar-refractivity contribution is -0.123. The molecular weight excluding hydrogens is 345 g/mol. The number of amides is 1. The number of aromatic nitrogens is 2. The molecule has 2 aromatic rings. The van der Waals surface area contributed by atoms with Gasteiger partial charge in [0.25, 0.3) is 0 Å². The zero-order valence-corrected chi connectivity index (χ0v) is 14.7. The second-order valence-electron chi connectivity index (χ2n) is 5.58. The number of anilines is 1. The molecule has 1 N–H and O–H groups in total. The molecule has 0 spiro atoms. The maximum atomic E-state index is 13.8. The molecule has 0 unspecified atom stereocenters. The third kappa shape index (κ3) is 4.41. The Labute approximate surface area is 141 Å². The van der Waals surface area contributed by atoms with Crippen molar-refractivity contribution in [1.82, 2.24) is 10.2 Å². The summed E-state index contributed by atoms with van der Waals surface area (Å²) in [5, 5.41) is 11.2. The van der Waals surface area contributed by atoms with Crippen LogP contribution in [-0.2, 0) is 10.5 Å². The van der Waals surface area contributed by atoms with Gasteiger partial charge >= 0.3 is 0 Å². The summed E-state index contributed by atoms with van der Waals surface area (Å²) >= 11 is 8.35. The number of halogens is 2. The first-order valence-electron chi connectivity index (χ1n) is 6.48. The second kappa shape index (κ2) is 6.93. The van der Waals surface area contributed by atoms with Gasteiger partial charge in [0.05, 0.1) is 5.02 Å². The highest BCUT2D eigenvalue weighted by atomic mass is 35.5. The normalized spacial score (nSPS) is 11.5. The monoisotopic (exact) mass is 359 g/mol. The van der Waals surface area contributed by atoms with Gasteiger partial charge in [-0.2, -0.15) is 0 Å². The minimum atomic E-state index is -0.497. The standard InChI is InChI=1S/C14H15ClFN3OS2/c1-14(2,3)11(20)17-12-18-19-13(22-12)21-7-8-5-4-6-9(15)10(8)16/h4-6H,7H2,1-3H3,(H,17,18,20). The third-order valence-electron chi connectivity index (χ3n) is 2.69. The van der Waals surface area contributed by atoms with Gasteiger partial charge < -0.3 is 5.32 Å². The number of hydrogen-bond acceptors (Lipinski definition) is 5. The van der Waals surface area contributed by atoms with E-state index < -0.39 is 11.2 Å². The van der Waals surface area contributed by atoms with Crippen LogP contribution < -0.4 is 5.32 Å². The molecule has 0 aliphatic heterocycles. The van der Waals surface area contributed by atoms with E-state index in [2.05, 4.69) is 15.5 Å². The van der Waals surface area contributed by atoms with E-state index >= 15 is 0 Å². The Morgan fingerprint density at radius 3 is 2.82 bits per heavy atom. The van der Waals surface area contributed by atoms with Crippen LogP contribution in [0, 0.1) is 11.2 Å². The van der Waals surface area contributed by atoms with Crippen LogP contribution in [0.4, 0.5) is 9.52 Å². The van der Waals surface area contributed by atoms with Gasteiger partial charge in [0.1, 0.15) is 5.82 Å². The number of carbonyl (C=O) groups excluding carboxylic acids is 1. The summed E-state index contributed by atoms with van der Waals surface area (Å²) in [6.07, 6.45) is 0. The number of carbonyl (C=O) groups is 1. The fourth-order valence-electron chi connectivity index (χ4n) is 1.40. The van der Waals surface area contributed by atoms with Crippen LogP contribution in [0.5, 0.6) is 0 Å². The molecule has 1 aromatic carbocycles. The van der Waals surface area contributed by atoms with E-state index in [0.717, 1.165) is 0 Å². The summed E-state index contributed by atoms with van der Waals surface area (Å²) in [4.78, 5) is 11.9. The number of rotatable bonds is 4. The number of nitrogens with zero attached hydrogens (tertiary/aromatic N) is 2. The van der Waals surface area contributed by atoms with E-state index in [1.165, 1.54) is 29.2 Å². The number of benzene rings is 1. The molecule has 0 aliphatic rings. The van der Waals surface area contributed by atoms with Crippen molar-refractivity contribution in [3.05, 3.63) is 34.6 Å². The van der Waals surface area contributed by atoms with E-state index in [0.29, 0.717) is 20.8 Å². The minimum absolute atomic E-state index is 0.105. The summed E-state index contributed by atoms with van der Waals surface area (Å²) in [5.74, 6) is -0.141. The smallest absolute Gasteiger partial charge is 0.231 e. The fourth-order valence-corrected chi connectivity index (χ4v) is 3.32. The van der Waals surface area contributed by atoms with E-state index in [1.807, 2.05) is 20.8 Å². The van der Waals surface area contributed by atoms with E-state index in [1.54, 1.807) is 12.1 Å². The van der Waals surface area contributed by atoms with Gasteiger partial charge in [0.15, 0.2) is 4.34 Å². The van der Waals surface area contributed by atoms with Crippen molar-refractivity contribution >= 4 is 45.7 Å². The maximum Gasteiger partial charge on any atom is 0.231 e. The van der Waals surface area contributed by atoms with Crippen molar-refractivity contribution < 1.29 is 9.18 Å². The molecule has 1 heterocycles. The first-order valence-corrected chi connectivity index (χ1v) is 8.66. The van der Waals surface area contributed by atoms with Gasteiger partial charge in [-0.15, -0.1) is 10.2 Å². The van der Waals surface area contributed by atoms with Crippen LogP contribution in [0.2, 0.25) is 5.02 Å². The van der Waals surface area contributed by atoms with Crippen LogP contribution in [0.15, 0.2) is 22.5 Å². The van der Waals surface area contributed by atoms with Gasteiger partial charge in [-0.25, -0.2) is 4.39 Å². The lowest BCUT2D eigenvalue weighted by Gasteiger charge is -2.15. The van der Waals surface area contributed by atoms with Crippen LogP contribution in [-0.4, -0.2) is 16.1 Å². The van der Waals surface area contributed by atoms with Gasteiger partial charge in [0, 0.05) is 11.2 Å². The Balaban J connectivity index is 1.98. The molecule has 2 rings (SSSR count). The van der Waals surface area contributed by atoms with Crippen LogP contribution in [0.1, 0.15) is 26.3 Å². The largest absolute Gasteiger partial charge is 0.300 e. The Morgan fingerprint density at radius 1 is 1.41 bits per heavy atom. The first-order chi connectivity index (χ1) is 10.3. The SMILES string of the molecule is CC(C)(C)C(=O)Nc1nnc(SCc2cccc(Cl)c2F)s1. The maximum absolute atomic E-state index is 13.8. The van der Waals surface area contributed by atoms with Crippen molar-refractivity contribution in [2.45, 2.75) is 30.9 Å². The molecular formula is C14H15ClFN3OS2. The highest BCUT2D eigenvalue weighted by molar-refractivity contribution is 8.00. The molecule has 0 saturated carbocycles. The summed E-state index contributed by atoms with van der Waals surface area (Å²) in [7, 11) is 0. The van der Waals surface area contributed by atoms with Crippen molar-refractivity contribution in [2.24, 2.45) is 5.41 Å². The lowest BCUT2D eigenvalue weighted by atomic mass is 9.96. The van der Waals surface area contributed by atoms with Gasteiger partial charge in [-0.1, -0.05) is 67.6 Å². The zero-order valence-electron chi connectivity index (χ0n) is 12.3. The first kappa shape index (κ1) is 17.2. The Morgan fingerprint density at radius 2 is 2.14 bits per heavy atom. The summed E-state index contributed by atoms with van der Waals surface area (Å²) in [6.45, 7) is 5.46. The molecule has 22 heavy (non-hydrogen) atoms. The molecule has 0 atom stereocenters. The quantitative estimate of drug-likeness (QED) is 0.639. The zero-order chi connectivity index (χ0) is 16.3. The van der Waals surface area contributed by atoms with E-state index in [4.69, 9.17) is 11.6 Å². The average molecular weight is 360 g/mol. The summed E-state index contributed by atoms with van der Waals surface area (Å²) < 4.78 is 14.4. The topological polar surface area (TPSA) is 54.9 Å². The molecule has 118 valence electrons. The van der Waals surface area contributed by atoms with Crippen LogP contribution >= 0.6 is 34.7 Å². The predicted molar refractivity (Wildman–Crippen MR) is 89.0 cm³/mol. The molecule has 0 aliphatic carbocycles. The second-order valence-corrected chi connectivity index (χ2v) is 8.19. The summed E-state index contributed by atoms with van der Waals surface area (Å²) in [6, 6.07) is 4.89. The Bertz CT molecular complexity index is 685. The molecule has 1 amide bonds.